The van der Waals surface area contributed by atoms with Crippen molar-refractivity contribution in [2.24, 2.45) is 0 Å². The number of rotatable bonds is 19. The van der Waals surface area contributed by atoms with Gasteiger partial charge in [-0.05, 0) is 87.0 Å². The summed E-state index contributed by atoms with van der Waals surface area (Å²) in [6.45, 7) is 39.7. The van der Waals surface area contributed by atoms with Crippen LogP contribution in [0.5, 0.6) is 0 Å². The van der Waals surface area contributed by atoms with Gasteiger partial charge in [-0.25, -0.2) is 0 Å². The molecule has 10 heteroatoms. The normalized spacial score (nSPS) is 16.0. The third-order valence-corrected chi connectivity index (χ3v) is 29.0. The monoisotopic (exact) mass is 898 g/mol. The summed E-state index contributed by atoms with van der Waals surface area (Å²) in [6.07, 6.45) is 4.86. The Morgan fingerprint density at radius 2 is 1.17 bits per heavy atom. The van der Waals surface area contributed by atoms with Crippen molar-refractivity contribution in [3.05, 3.63) is 83.0 Å². The summed E-state index contributed by atoms with van der Waals surface area (Å²) in [4.78, 5) is 0. The van der Waals surface area contributed by atoms with Crippen LogP contribution in [-0.4, -0.2) is 62.6 Å². The summed E-state index contributed by atoms with van der Waals surface area (Å²) in [5.74, 6) is 0. The van der Waals surface area contributed by atoms with Crippen molar-refractivity contribution >= 4 is 65.3 Å². The molecule has 0 amide bonds. The lowest BCUT2D eigenvalue weighted by Crippen LogP contribution is -2.54. The zero-order chi connectivity index (χ0) is 39.8. The summed E-state index contributed by atoms with van der Waals surface area (Å²) in [5, 5.41) is 1.88. The Bertz CT molecular complexity index is 1430. The highest BCUT2D eigenvalue weighted by Crippen LogP contribution is 2.45. The molecule has 0 aliphatic carbocycles. The minimum atomic E-state index is -2.93. The molecular weight excluding hydrogens is 827 g/mol. The van der Waals surface area contributed by atoms with Gasteiger partial charge in [0.25, 0.3) is 0 Å². The third kappa shape index (κ3) is 13.2. The van der Waals surface area contributed by atoms with E-state index < -0.39 is 32.1 Å². The van der Waals surface area contributed by atoms with Crippen LogP contribution in [0.3, 0.4) is 0 Å². The van der Waals surface area contributed by atoms with Gasteiger partial charge >= 0.3 is 0 Å². The molecule has 0 aliphatic rings. The van der Waals surface area contributed by atoms with E-state index in [0.717, 1.165) is 20.6 Å². The van der Waals surface area contributed by atoms with Crippen LogP contribution < -0.4 is 10.6 Å². The van der Waals surface area contributed by atoms with Crippen LogP contribution in [0.25, 0.3) is 0 Å². The van der Waals surface area contributed by atoms with Crippen LogP contribution in [-0.2, 0) is 22.6 Å². The fraction of sp³-hybridized carbons (Fsp3) is 0.619. The summed E-state index contributed by atoms with van der Waals surface area (Å²) in [6, 6.07) is 19.8. The van der Waals surface area contributed by atoms with E-state index in [1.165, 1.54) is 0 Å². The first-order chi connectivity index (χ1) is 23.7. The maximum Gasteiger partial charge on any atom is 0.193 e. The van der Waals surface area contributed by atoms with Gasteiger partial charge in [-0.15, -0.1) is 6.58 Å². The van der Waals surface area contributed by atoms with Crippen molar-refractivity contribution in [1.82, 2.24) is 0 Å². The van der Waals surface area contributed by atoms with Crippen LogP contribution in [0.15, 0.2) is 83.0 Å². The molecule has 0 spiro atoms. The fourth-order valence-electron chi connectivity index (χ4n) is 4.98. The van der Waals surface area contributed by atoms with E-state index in [2.05, 4.69) is 137 Å². The first-order valence-electron chi connectivity index (χ1n) is 19.0. The van der Waals surface area contributed by atoms with Crippen LogP contribution in [0.4, 0.5) is 0 Å². The zero-order valence-corrected chi connectivity index (χ0v) is 41.3. The highest BCUT2D eigenvalue weighted by molar-refractivity contribution is 14.1. The molecular formula is C42H72IO5PSi3. The van der Waals surface area contributed by atoms with E-state index in [1.807, 2.05) is 66.7 Å². The summed E-state index contributed by atoms with van der Waals surface area (Å²) in [7, 11) is -9.30. The van der Waals surface area contributed by atoms with Crippen LogP contribution >= 0.6 is 29.7 Å². The number of hydrogen-bond acceptors (Lipinski definition) is 5. The lowest BCUT2D eigenvalue weighted by molar-refractivity contribution is -0.0777. The molecule has 0 bridgehead atoms. The van der Waals surface area contributed by atoms with Gasteiger partial charge in [-0.3, -0.25) is 0 Å². The lowest BCUT2D eigenvalue weighted by atomic mass is 10.0. The van der Waals surface area contributed by atoms with E-state index in [1.54, 1.807) is 0 Å². The molecule has 0 heterocycles. The molecule has 2 aromatic carbocycles. The highest BCUT2D eigenvalue weighted by Gasteiger charge is 2.46. The largest absolute Gasteiger partial charge is 0.417 e. The molecule has 0 radical (unpaired) electrons. The summed E-state index contributed by atoms with van der Waals surface area (Å²) in [5.41, 5.74) is 0. The van der Waals surface area contributed by atoms with Gasteiger partial charge < -0.3 is 22.6 Å². The average molecular weight is 899 g/mol. The van der Waals surface area contributed by atoms with Gasteiger partial charge in [0.2, 0.25) is 0 Å². The topological polar surface area (TPSA) is 54.0 Å². The van der Waals surface area contributed by atoms with E-state index in [4.69, 9.17) is 18.0 Å². The summed E-state index contributed by atoms with van der Waals surface area (Å²) < 4.78 is 43.9. The molecule has 2 rings (SSSR count). The average Bonchev–Trinajstić information content (AvgIpc) is 3.03. The molecule has 5 nitrogen and oxygen atoms in total. The minimum absolute atomic E-state index is 0.00988. The van der Waals surface area contributed by atoms with E-state index in [-0.39, 0.29) is 33.4 Å². The van der Waals surface area contributed by atoms with Gasteiger partial charge in [-0.2, -0.15) is 0 Å². The molecule has 0 unspecified atom stereocenters. The number of benzene rings is 2. The van der Waals surface area contributed by atoms with E-state index in [9.17, 15) is 4.57 Å². The molecule has 3 atom stereocenters. The molecule has 0 N–H and O–H groups in total. The Balaban J connectivity index is 2.57. The molecule has 0 fully saturated rings. The first-order valence-corrected chi connectivity index (χ1v) is 30.7. The van der Waals surface area contributed by atoms with Crippen LogP contribution in [0.2, 0.25) is 54.4 Å². The Morgan fingerprint density at radius 3 is 1.60 bits per heavy atom. The van der Waals surface area contributed by atoms with Gasteiger partial charge in [0.15, 0.2) is 25.0 Å². The lowest BCUT2D eigenvalue weighted by Gasteiger charge is -2.45. The molecule has 0 saturated heterocycles. The number of halogens is 1. The zero-order valence-electron chi connectivity index (χ0n) is 35.3. The second kappa shape index (κ2) is 19.0. The second-order valence-corrected chi connectivity index (χ2v) is 37.3. The number of hydrogen-bond donors (Lipinski definition) is 0. The van der Waals surface area contributed by atoms with Crippen molar-refractivity contribution in [1.29, 1.82) is 0 Å². The smallest absolute Gasteiger partial charge is 0.193 e. The maximum atomic E-state index is 14.9. The van der Waals surface area contributed by atoms with Crippen molar-refractivity contribution < 1.29 is 22.6 Å². The Hall–Kier alpha value is -0.629. The molecule has 294 valence electrons. The minimum Gasteiger partial charge on any atom is -0.417 e. The molecule has 0 aliphatic heterocycles. The first kappa shape index (κ1) is 47.5. The predicted molar refractivity (Wildman–Crippen MR) is 243 cm³/mol. The molecule has 0 aromatic heterocycles. The quantitative estimate of drug-likeness (QED) is 0.0462. The third-order valence-electron chi connectivity index (χ3n) is 11.6. The van der Waals surface area contributed by atoms with Crippen molar-refractivity contribution in [2.75, 3.05) is 19.4 Å². The van der Waals surface area contributed by atoms with Gasteiger partial charge in [0.1, 0.15) is 13.2 Å². The van der Waals surface area contributed by atoms with Gasteiger partial charge in [0, 0.05) is 36.4 Å². The summed E-state index contributed by atoms with van der Waals surface area (Å²) >= 11 is 2.43. The predicted octanol–water partition coefficient (Wildman–Crippen LogP) is 12.5. The second-order valence-electron chi connectivity index (χ2n) is 18.7. The Labute approximate surface area is 336 Å². The number of allylic oxidation sites excluding steroid dienone is 1. The Morgan fingerprint density at radius 1 is 0.731 bits per heavy atom. The molecule has 0 saturated carbocycles. The van der Waals surface area contributed by atoms with Crippen molar-refractivity contribution in [2.45, 2.75) is 148 Å². The fourth-order valence-corrected chi connectivity index (χ4v) is 12.2. The van der Waals surface area contributed by atoms with E-state index >= 15 is 0 Å². The molecule has 2 aromatic rings. The standard InChI is InChI=1S/C42H72IO5PSi3/c1-17-37(47-51(13,14)41(5,6)7)39(45-30-24-31-46-50(11,12)40(2,3)4)38(48-52(15,16)42(8,9)10)33-34(43)29-32-49(44,35-25-20-18-21-26-35)36-27-22-19-23-28-36/h17-23,25-29,37-39H,1,24,30-33H2,2-16H3/b34-29-/t37-,38-,39+/m1/s1. The van der Waals surface area contributed by atoms with Crippen molar-refractivity contribution in [3.8, 4) is 0 Å². The number of ether oxygens (including phenoxy) is 1. The van der Waals surface area contributed by atoms with Crippen LogP contribution in [0.1, 0.15) is 75.2 Å². The SMILES string of the molecule is C=C[C@@H](O[Si](C)(C)C(C)(C)C)[C@H](OCCCO[Si](C)(C)C(C)(C)C)[C@@H](C/C(I)=C/CP(=O)(c1ccccc1)c1ccccc1)O[Si](C)(C)C(C)(C)C. The van der Waals surface area contributed by atoms with Gasteiger partial charge in [0.05, 0.1) is 12.2 Å². The highest BCUT2D eigenvalue weighted by atomic mass is 127. The molecule has 52 heavy (non-hydrogen) atoms. The Kier molecular flexibility index (Phi) is 17.4. The van der Waals surface area contributed by atoms with Crippen molar-refractivity contribution in [3.63, 3.8) is 0 Å². The van der Waals surface area contributed by atoms with Gasteiger partial charge in [-0.1, -0.05) is 135 Å². The van der Waals surface area contributed by atoms with Crippen LogP contribution in [0, 0.1) is 0 Å². The maximum absolute atomic E-state index is 14.9. The van der Waals surface area contributed by atoms with E-state index in [0.29, 0.717) is 25.8 Å².